The van der Waals surface area contributed by atoms with Gasteiger partial charge in [0.25, 0.3) is 5.91 Å². The van der Waals surface area contributed by atoms with Crippen LogP contribution in [0.15, 0.2) is 18.2 Å². The molecule has 0 spiro atoms. The molecule has 2 aliphatic rings. The molecule has 2 unspecified atom stereocenters. The van der Waals surface area contributed by atoms with Crippen LogP contribution in [-0.2, 0) is 6.42 Å². The molecule has 0 saturated heterocycles. The van der Waals surface area contributed by atoms with Crippen molar-refractivity contribution in [2.45, 2.75) is 39.0 Å². The molecule has 1 aliphatic carbocycles. The third kappa shape index (κ3) is 2.67. The van der Waals surface area contributed by atoms with E-state index in [2.05, 4.69) is 23.6 Å². The van der Waals surface area contributed by atoms with Crippen LogP contribution in [0.4, 0.5) is 5.69 Å². The SMILES string of the molecule is CC1CCCC1CNC(=O)c1cccc2c1CCCN2. The maximum absolute atomic E-state index is 12.4. The predicted molar refractivity (Wildman–Crippen MR) is 82.1 cm³/mol. The highest BCUT2D eigenvalue weighted by molar-refractivity contribution is 5.97. The summed E-state index contributed by atoms with van der Waals surface area (Å²) in [6.45, 7) is 4.15. The van der Waals surface area contributed by atoms with Crippen LogP contribution in [0.2, 0.25) is 0 Å². The summed E-state index contributed by atoms with van der Waals surface area (Å²) in [5.41, 5.74) is 3.19. The van der Waals surface area contributed by atoms with Crippen molar-refractivity contribution in [1.82, 2.24) is 5.32 Å². The van der Waals surface area contributed by atoms with Crippen molar-refractivity contribution in [3.8, 4) is 0 Å². The van der Waals surface area contributed by atoms with E-state index < -0.39 is 0 Å². The van der Waals surface area contributed by atoms with E-state index in [0.29, 0.717) is 5.92 Å². The summed E-state index contributed by atoms with van der Waals surface area (Å²) in [7, 11) is 0. The minimum atomic E-state index is 0.102. The predicted octanol–water partition coefficient (Wildman–Crippen LogP) is 3.21. The van der Waals surface area contributed by atoms with E-state index in [9.17, 15) is 4.79 Å². The van der Waals surface area contributed by atoms with Gasteiger partial charge in [-0.15, -0.1) is 0 Å². The molecule has 108 valence electrons. The fourth-order valence-corrected chi connectivity index (χ4v) is 3.57. The third-order valence-corrected chi connectivity index (χ3v) is 4.90. The summed E-state index contributed by atoms with van der Waals surface area (Å²) < 4.78 is 0. The minimum Gasteiger partial charge on any atom is -0.385 e. The lowest BCUT2D eigenvalue weighted by atomic mass is 9.96. The van der Waals surface area contributed by atoms with Crippen LogP contribution in [-0.4, -0.2) is 19.0 Å². The Hall–Kier alpha value is -1.51. The second kappa shape index (κ2) is 5.86. The van der Waals surface area contributed by atoms with Gasteiger partial charge in [0, 0.05) is 24.3 Å². The lowest BCUT2D eigenvalue weighted by Gasteiger charge is -2.21. The Morgan fingerprint density at radius 1 is 1.35 bits per heavy atom. The molecule has 1 heterocycles. The van der Waals surface area contributed by atoms with Gasteiger partial charge in [-0.3, -0.25) is 4.79 Å². The van der Waals surface area contributed by atoms with Crippen molar-refractivity contribution in [2.24, 2.45) is 11.8 Å². The smallest absolute Gasteiger partial charge is 0.251 e. The summed E-state index contributed by atoms with van der Waals surface area (Å²) in [4.78, 5) is 12.4. The summed E-state index contributed by atoms with van der Waals surface area (Å²) in [5.74, 6) is 1.52. The molecule has 2 atom stereocenters. The van der Waals surface area contributed by atoms with Gasteiger partial charge in [-0.2, -0.15) is 0 Å². The molecule has 0 aromatic heterocycles. The van der Waals surface area contributed by atoms with Gasteiger partial charge in [0.1, 0.15) is 0 Å². The monoisotopic (exact) mass is 272 g/mol. The van der Waals surface area contributed by atoms with Gasteiger partial charge in [-0.05, 0) is 48.8 Å². The molecule has 3 heteroatoms. The molecule has 1 amide bonds. The van der Waals surface area contributed by atoms with E-state index in [4.69, 9.17) is 0 Å². The molecule has 1 aliphatic heterocycles. The van der Waals surface area contributed by atoms with Crippen molar-refractivity contribution in [1.29, 1.82) is 0 Å². The molecular weight excluding hydrogens is 248 g/mol. The highest BCUT2D eigenvalue weighted by atomic mass is 16.1. The Kier molecular flexibility index (Phi) is 3.95. The van der Waals surface area contributed by atoms with Crippen LogP contribution < -0.4 is 10.6 Å². The first-order valence-electron chi connectivity index (χ1n) is 7.89. The number of hydrogen-bond acceptors (Lipinski definition) is 2. The second-order valence-corrected chi connectivity index (χ2v) is 6.24. The third-order valence-electron chi connectivity index (χ3n) is 4.90. The Balaban J connectivity index is 1.68. The zero-order chi connectivity index (χ0) is 13.9. The molecule has 3 rings (SSSR count). The van der Waals surface area contributed by atoms with E-state index in [1.165, 1.54) is 24.8 Å². The Bertz CT molecular complexity index is 498. The fourth-order valence-electron chi connectivity index (χ4n) is 3.57. The number of fused-ring (bicyclic) bond motifs is 1. The first-order valence-corrected chi connectivity index (χ1v) is 7.89. The molecule has 1 fully saturated rings. The van der Waals surface area contributed by atoms with E-state index >= 15 is 0 Å². The van der Waals surface area contributed by atoms with Gasteiger partial charge in [0.05, 0.1) is 0 Å². The second-order valence-electron chi connectivity index (χ2n) is 6.24. The number of anilines is 1. The van der Waals surface area contributed by atoms with Gasteiger partial charge >= 0.3 is 0 Å². The van der Waals surface area contributed by atoms with Crippen molar-refractivity contribution in [2.75, 3.05) is 18.4 Å². The zero-order valence-corrected chi connectivity index (χ0v) is 12.2. The van der Waals surface area contributed by atoms with Gasteiger partial charge in [0.15, 0.2) is 0 Å². The molecule has 1 saturated carbocycles. The van der Waals surface area contributed by atoms with Crippen molar-refractivity contribution < 1.29 is 4.79 Å². The van der Waals surface area contributed by atoms with Gasteiger partial charge in [0.2, 0.25) is 0 Å². The highest BCUT2D eigenvalue weighted by Crippen LogP contribution is 2.30. The fraction of sp³-hybridized carbons (Fsp3) is 0.588. The normalized spacial score (nSPS) is 24.9. The van der Waals surface area contributed by atoms with E-state index in [1.807, 2.05) is 12.1 Å². The number of rotatable bonds is 3. The average molecular weight is 272 g/mol. The number of hydrogen-bond donors (Lipinski definition) is 2. The highest BCUT2D eigenvalue weighted by Gasteiger charge is 2.24. The molecule has 0 bridgehead atoms. The van der Waals surface area contributed by atoms with Crippen LogP contribution in [0, 0.1) is 11.8 Å². The molecule has 3 nitrogen and oxygen atoms in total. The van der Waals surface area contributed by atoms with Crippen molar-refractivity contribution in [3.05, 3.63) is 29.3 Å². The Morgan fingerprint density at radius 3 is 3.05 bits per heavy atom. The maximum atomic E-state index is 12.4. The summed E-state index contributed by atoms with van der Waals surface area (Å²) in [6, 6.07) is 6.01. The molecule has 20 heavy (non-hydrogen) atoms. The topological polar surface area (TPSA) is 41.1 Å². The van der Waals surface area contributed by atoms with Crippen LogP contribution in [0.3, 0.4) is 0 Å². The summed E-state index contributed by atoms with van der Waals surface area (Å²) >= 11 is 0. The number of amides is 1. The van der Waals surface area contributed by atoms with Crippen LogP contribution in [0.5, 0.6) is 0 Å². The standard InChI is InChI=1S/C17H24N2O/c1-12-5-2-6-13(12)11-19-17(20)15-7-3-9-16-14(15)8-4-10-18-16/h3,7,9,12-13,18H,2,4-6,8,10-11H2,1H3,(H,19,20). The van der Waals surface area contributed by atoms with E-state index in [1.54, 1.807) is 0 Å². The lowest BCUT2D eigenvalue weighted by Crippen LogP contribution is -2.31. The van der Waals surface area contributed by atoms with Gasteiger partial charge in [-0.1, -0.05) is 25.8 Å². The molecule has 1 aromatic rings. The maximum Gasteiger partial charge on any atom is 0.251 e. The quantitative estimate of drug-likeness (QED) is 0.887. The average Bonchev–Trinajstić information content (AvgIpc) is 2.89. The van der Waals surface area contributed by atoms with Crippen LogP contribution in [0.1, 0.15) is 48.5 Å². The van der Waals surface area contributed by atoms with Gasteiger partial charge < -0.3 is 10.6 Å². The summed E-state index contributed by atoms with van der Waals surface area (Å²) in [6.07, 6.45) is 6.00. The van der Waals surface area contributed by atoms with Crippen molar-refractivity contribution in [3.63, 3.8) is 0 Å². The first kappa shape index (κ1) is 13.5. The molecular formula is C17H24N2O. The number of carbonyl (C=O) groups is 1. The summed E-state index contributed by atoms with van der Waals surface area (Å²) in [5, 5.41) is 6.54. The first-order chi connectivity index (χ1) is 9.75. The van der Waals surface area contributed by atoms with Crippen molar-refractivity contribution >= 4 is 11.6 Å². The number of nitrogens with one attached hydrogen (secondary N) is 2. The van der Waals surface area contributed by atoms with E-state index in [0.717, 1.165) is 43.1 Å². The molecule has 0 radical (unpaired) electrons. The number of carbonyl (C=O) groups excluding carboxylic acids is 1. The number of benzene rings is 1. The van der Waals surface area contributed by atoms with E-state index in [-0.39, 0.29) is 5.91 Å². The van der Waals surface area contributed by atoms with Crippen LogP contribution >= 0.6 is 0 Å². The Morgan fingerprint density at radius 2 is 2.25 bits per heavy atom. The minimum absolute atomic E-state index is 0.102. The molecule has 2 N–H and O–H groups in total. The zero-order valence-electron chi connectivity index (χ0n) is 12.2. The largest absolute Gasteiger partial charge is 0.385 e. The van der Waals surface area contributed by atoms with Gasteiger partial charge in [-0.25, -0.2) is 0 Å². The lowest BCUT2D eigenvalue weighted by molar-refractivity contribution is 0.0943. The molecule has 1 aromatic carbocycles. The Labute approximate surface area is 121 Å². The van der Waals surface area contributed by atoms with Crippen LogP contribution in [0.25, 0.3) is 0 Å².